The van der Waals surface area contributed by atoms with Crippen molar-refractivity contribution in [1.29, 1.82) is 0 Å². The molecule has 0 heterocycles. The summed E-state index contributed by atoms with van der Waals surface area (Å²) in [6.45, 7) is 4.56. The van der Waals surface area contributed by atoms with E-state index in [4.69, 9.17) is 0 Å². The van der Waals surface area contributed by atoms with Crippen molar-refractivity contribution >= 4 is 0 Å². The Labute approximate surface area is 158 Å². The molecule has 144 valence electrons. The summed E-state index contributed by atoms with van der Waals surface area (Å²) in [4.78, 5) is 0. The summed E-state index contributed by atoms with van der Waals surface area (Å²) in [7, 11) is 0. The summed E-state index contributed by atoms with van der Waals surface area (Å²) in [5.41, 5.74) is 0. The molecule has 0 heteroatoms. The van der Waals surface area contributed by atoms with E-state index < -0.39 is 0 Å². The largest absolute Gasteiger partial charge is 0.0885 e. The van der Waals surface area contributed by atoms with Gasteiger partial charge in [0.1, 0.15) is 0 Å². The lowest BCUT2D eigenvalue weighted by Gasteiger charge is -2.28. The Morgan fingerprint density at radius 3 is 1.76 bits per heavy atom. The number of unbranched alkanes of at least 4 members (excludes halogenated alkanes) is 2. The number of hydrogen-bond acceptors (Lipinski definition) is 0. The van der Waals surface area contributed by atoms with Crippen molar-refractivity contribution < 1.29 is 0 Å². The molecule has 0 N–H and O–H groups in total. The molecule has 2 aliphatic carbocycles. The summed E-state index contributed by atoms with van der Waals surface area (Å²) in [5.74, 6) is 3.90. The zero-order valence-corrected chi connectivity index (χ0v) is 17.2. The molecule has 0 spiro atoms. The topological polar surface area (TPSA) is 0 Å². The van der Waals surface area contributed by atoms with Crippen LogP contribution in [0.25, 0.3) is 0 Å². The standard InChI is InChI=1S/C25H44/c1-3-5-7-11-23-18-20-25(21-19-23)13-9-8-12-24-16-14-22(15-17-24)10-6-4-2/h6,8-10,22-25H,3-5,7,11-21H2,1-2H3/b9-8-,10-6+. The van der Waals surface area contributed by atoms with Crippen molar-refractivity contribution in [2.45, 2.75) is 110 Å². The van der Waals surface area contributed by atoms with Gasteiger partial charge in [-0.25, -0.2) is 0 Å². The van der Waals surface area contributed by atoms with Crippen LogP contribution in [0.1, 0.15) is 110 Å². The first-order valence-electron chi connectivity index (χ1n) is 11.6. The molecule has 2 fully saturated rings. The van der Waals surface area contributed by atoms with Crippen LogP contribution in [0.2, 0.25) is 0 Å². The molecule has 25 heavy (non-hydrogen) atoms. The Balaban J connectivity index is 1.52. The molecule has 0 aliphatic heterocycles. The van der Waals surface area contributed by atoms with Crippen molar-refractivity contribution in [2.75, 3.05) is 0 Å². The van der Waals surface area contributed by atoms with Crippen molar-refractivity contribution in [3.8, 4) is 0 Å². The molecule has 0 aromatic rings. The van der Waals surface area contributed by atoms with Crippen LogP contribution in [0.5, 0.6) is 0 Å². The van der Waals surface area contributed by atoms with Crippen LogP contribution >= 0.6 is 0 Å². The summed E-state index contributed by atoms with van der Waals surface area (Å²) in [6, 6.07) is 0. The SMILES string of the molecule is CC/C=C/C1CCC(C/C=C\CC2CCC(CCCCC)CC2)CC1. The van der Waals surface area contributed by atoms with Crippen LogP contribution in [-0.2, 0) is 0 Å². The average molecular weight is 345 g/mol. The Morgan fingerprint density at radius 1 is 0.640 bits per heavy atom. The molecule has 2 saturated carbocycles. The molecule has 2 aliphatic rings. The Kier molecular flexibility index (Phi) is 10.6. The fraction of sp³-hybridized carbons (Fsp3) is 0.840. The van der Waals surface area contributed by atoms with E-state index in [1.807, 2.05) is 0 Å². The minimum atomic E-state index is 0.882. The Bertz CT molecular complexity index is 361. The second kappa shape index (κ2) is 12.8. The first-order chi connectivity index (χ1) is 12.3. The van der Waals surface area contributed by atoms with Crippen molar-refractivity contribution in [2.24, 2.45) is 23.7 Å². The minimum absolute atomic E-state index is 0.882. The van der Waals surface area contributed by atoms with Crippen LogP contribution < -0.4 is 0 Å². The van der Waals surface area contributed by atoms with E-state index in [-0.39, 0.29) is 0 Å². The molecule has 0 atom stereocenters. The van der Waals surface area contributed by atoms with E-state index in [9.17, 15) is 0 Å². The number of rotatable bonds is 10. The van der Waals surface area contributed by atoms with Crippen molar-refractivity contribution in [1.82, 2.24) is 0 Å². The lowest BCUT2D eigenvalue weighted by molar-refractivity contribution is 0.259. The third-order valence-electron chi connectivity index (χ3n) is 6.82. The highest BCUT2D eigenvalue weighted by Crippen LogP contribution is 2.34. The predicted octanol–water partition coefficient (Wildman–Crippen LogP) is 8.48. The highest BCUT2D eigenvalue weighted by molar-refractivity contribution is 4.93. The van der Waals surface area contributed by atoms with Gasteiger partial charge in [0.15, 0.2) is 0 Å². The highest BCUT2D eigenvalue weighted by atomic mass is 14.3. The minimum Gasteiger partial charge on any atom is -0.0885 e. The maximum absolute atomic E-state index is 2.53. The van der Waals surface area contributed by atoms with Gasteiger partial charge in [-0.1, -0.05) is 76.7 Å². The Hall–Kier alpha value is -0.520. The maximum Gasteiger partial charge on any atom is -0.0233 e. The van der Waals surface area contributed by atoms with E-state index in [1.54, 1.807) is 0 Å². The van der Waals surface area contributed by atoms with Gasteiger partial charge in [0.05, 0.1) is 0 Å². The van der Waals surface area contributed by atoms with Crippen LogP contribution in [0.15, 0.2) is 24.3 Å². The van der Waals surface area contributed by atoms with Gasteiger partial charge in [-0.15, -0.1) is 0 Å². The molecule has 2 rings (SSSR count). The van der Waals surface area contributed by atoms with Gasteiger partial charge in [0.2, 0.25) is 0 Å². The Morgan fingerprint density at radius 2 is 1.20 bits per heavy atom. The highest BCUT2D eigenvalue weighted by Gasteiger charge is 2.20. The smallest absolute Gasteiger partial charge is 0.0233 e. The maximum atomic E-state index is 2.53. The second-order valence-electron chi connectivity index (χ2n) is 8.94. The van der Waals surface area contributed by atoms with Crippen LogP contribution in [0, 0.1) is 23.7 Å². The van der Waals surface area contributed by atoms with E-state index >= 15 is 0 Å². The van der Waals surface area contributed by atoms with Gasteiger partial charge in [0.25, 0.3) is 0 Å². The van der Waals surface area contributed by atoms with Gasteiger partial charge < -0.3 is 0 Å². The molecule has 0 unspecified atom stereocenters. The van der Waals surface area contributed by atoms with E-state index in [1.165, 1.54) is 96.3 Å². The lowest BCUT2D eigenvalue weighted by atomic mass is 9.78. The van der Waals surface area contributed by atoms with Gasteiger partial charge in [-0.2, -0.15) is 0 Å². The molecule has 0 bridgehead atoms. The lowest BCUT2D eigenvalue weighted by Crippen LogP contribution is -2.14. The van der Waals surface area contributed by atoms with Gasteiger partial charge in [0, 0.05) is 0 Å². The monoisotopic (exact) mass is 344 g/mol. The summed E-state index contributed by atoms with van der Waals surface area (Å²) in [5, 5.41) is 0. The quantitative estimate of drug-likeness (QED) is 0.275. The van der Waals surface area contributed by atoms with Crippen LogP contribution in [0.3, 0.4) is 0 Å². The molecular weight excluding hydrogens is 300 g/mol. The van der Waals surface area contributed by atoms with Gasteiger partial charge >= 0.3 is 0 Å². The van der Waals surface area contributed by atoms with E-state index in [0.29, 0.717) is 0 Å². The summed E-state index contributed by atoms with van der Waals surface area (Å²) in [6.07, 6.45) is 31.4. The van der Waals surface area contributed by atoms with Gasteiger partial charge in [-0.05, 0) is 81.5 Å². The molecule has 0 nitrogen and oxygen atoms in total. The summed E-state index contributed by atoms with van der Waals surface area (Å²) < 4.78 is 0. The van der Waals surface area contributed by atoms with Crippen molar-refractivity contribution in [3.05, 3.63) is 24.3 Å². The zero-order valence-electron chi connectivity index (χ0n) is 17.2. The van der Waals surface area contributed by atoms with E-state index in [2.05, 4.69) is 38.2 Å². The normalized spacial score (nSPS) is 31.1. The molecule has 0 saturated heterocycles. The first-order valence-corrected chi connectivity index (χ1v) is 11.6. The zero-order chi connectivity index (χ0) is 17.7. The molecule has 0 aromatic heterocycles. The first kappa shape index (κ1) is 20.8. The van der Waals surface area contributed by atoms with Crippen LogP contribution in [-0.4, -0.2) is 0 Å². The molecule has 0 amide bonds. The summed E-state index contributed by atoms with van der Waals surface area (Å²) >= 11 is 0. The fourth-order valence-electron chi connectivity index (χ4n) is 4.96. The van der Waals surface area contributed by atoms with Gasteiger partial charge in [-0.3, -0.25) is 0 Å². The van der Waals surface area contributed by atoms with Crippen LogP contribution in [0.4, 0.5) is 0 Å². The fourth-order valence-corrected chi connectivity index (χ4v) is 4.96. The third-order valence-corrected chi connectivity index (χ3v) is 6.82. The van der Waals surface area contributed by atoms with E-state index in [0.717, 1.165) is 23.7 Å². The third kappa shape index (κ3) is 8.61. The predicted molar refractivity (Wildman–Crippen MR) is 113 cm³/mol. The van der Waals surface area contributed by atoms with Crippen molar-refractivity contribution in [3.63, 3.8) is 0 Å². The second-order valence-corrected chi connectivity index (χ2v) is 8.94. The number of allylic oxidation sites excluding steroid dienone is 4. The average Bonchev–Trinajstić information content (AvgIpc) is 2.66. The molecule has 0 aromatic carbocycles. The molecule has 0 radical (unpaired) electrons. The number of hydrogen-bond donors (Lipinski definition) is 0. The molecular formula is C25H44.